The van der Waals surface area contributed by atoms with Crippen LogP contribution in [0.1, 0.15) is 25.3 Å². The minimum atomic E-state index is -4.70. The molecular weight excluding hydrogens is 259 g/mol. The second kappa shape index (κ2) is 6.56. The number of ketones is 1. The van der Waals surface area contributed by atoms with Gasteiger partial charge in [0.15, 0.2) is 0 Å². The number of halogens is 3. The van der Waals surface area contributed by atoms with Crippen molar-refractivity contribution in [2.75, 3.05) is 0 Å². The SMILES string of the molecule is CC(N)CCC(=O)Cc1ccc(OC(F)(F)F)cc1. The van der Waals surface area contributed by atoms with Gasteiger partial charge in [-0.1, -0.05) is 12.1 Å². The third-order valence-electron chi connectivity index (χ3n) is 2.44. The molecule has 3 nitrogen and oxygen atoms in total. The Labute approximate surface area is 109 Å². The summed E-state index contributed by atoms with van der Waals surface area (Å²) in [4.78, 5) is 11.6. The number of ether oxygens (including phenoxy) is 1. The molecule has 1 aromatic carbocycles. The molecule has 19 heavy (non-hydrogen) atoms. The molecule has 2 N–H and O–H groups in total. The molecule has 0 fully saturated rings. The molecule has 0 saturated carbocycles. The lowest BCUT2D eigenvalue weighted by atomic mass is 10.0. The van der Waals surface area contributed by atoms with Gasteiger partial charge < -0.3 is 10.5 Å². The van der Waals surface area contributed by atoms with Crippen LogP contribution in [0.3, 0.4) is 0 Å². The maximum Gasteiger partial charge on any atom is 0.573 e. The van der Waals surface area contributed by atoms with E-state index in [0.29, 0.717) is 18.4 Å². The van der Waals surface area contributed by atoms with Crippen molar-refractivity contribution in [3.63, 3.8) is 0 Å². The second-order valence-corrected chi connectivity index (χ2v) is 4.42. The Hall–Kier alpha value is -1.56. The first-order chi connectivity index (χ1) is 8.76. The van der Waals surface area contributed by atoms with Crippen LogP contribution < -0.4 is 10.5 Å². The van der Waals surface area contributed by atoms with Crippen LogP contribution in [0.2, 0.25) is 0 Å². The van der Waals surface area contributed by atoms with Gasteiger partial charge in [0.05, 0.1) is 0 Å². The van der Waals surface area contributed by atoms with Gasteiger partial charge in [0.25, 0.3) is 0 Å². The Kier molecular flexibility index (Phi) is 5.35. The van der Waals surface area contributed by atoms with E-state index in [1.165, 1.54) is 24.3 Å². The van der Waals surface area contributed by atoms with E-state index in [1.807, 2.05) is 6.92 Å². The number of hydrogen-bond acceptors (Lipinski definition) is 3. The average molecular weight is 275 g/mol. The van der Waals surface area contributed by atoms with Gasteiger partial charge in [-0.15, -0.1) is 13.2 Å². The highest BCUT2D eigenvalue weighted by molar-refractivity contribution is 5.80. The minimum absolute atomic E-state index is 0.0155. The van der Waals surface area contributed by atoms with Crippen molar-refractivity contribution in [2.45, 2.75) is 38.6 Å². The second-order valence-electron chi connectivity index (χ2n) is 4.42. The first-order valence-electron chi connectivity index (χ1n) is 5.88. The van der Waals surface area contributed by atoms with E-state index < -0.39 is 6.36 Å². The number of rotatable bonds is 6. The number of Topliss-reactive ketones (excluding diaryl/α,β-unsaturated/α-hetero) is 1. The Morgan fingerprint density at radius 2 is 1.89 bits per heavy atom. The van der Waals surface area contributed by atoms with Crippen molar-refractivity contribution >= 4 is 5.78 Å². The first-order valence-corrected chi connectivity index (χ1v) is 5.88. The van der Waals surface area contributed by atoms with Crippen molar-refractivity contribution in [1.82, 2.24) is 0 Å². The number of hydrogen-bond donors (Lipinski definition) is 1. The Balaban J connectivity index is 2.50. The molecule has 1 unspecified atom stereocenters. The third kappa shape index (κ3) is 6.81. The van der Waals surface area contributed by atoms with Crippen LogP contribution in [0.5, 0.6) is 5.75 Å². The van der Waals surface area contributed by atoms with Gasteiger partial charge in [0, 0.05) is 18.9 Å². The number of nitrogens with two attached hydrogens (primary N) is 1. The Morgan fingerprint density at radius 1 is 1.32 bits per heavy atom. The molecule has 0 aliphatic rings. The van der Waals surface area contributed by atoms with E-state index in [4.69, 9.17) is 5.73 Å². The summed E-state index contributed by atoms with van der Waals surface area (Å²) in [6.45, 7) is 1.82. The van der Waals surface area contributed by atoms with Gasteiger partial charge in [-0.05, 0) is 31.0 Å². The lowest BCUT2D eigenvalue weighted by molar-refractivity contribution is -0.274. The van der Waals surface area contributed by atoms with Gasteiger partial charge in [-0.2, -0.15) is 0 Å². The van der Waals surface area contributed by atoms with Crippen LogP contribution in [0.15, 0.2) is 24.3 Å². The van der Waals surface area contributed by atoms with Crippen molar-refractivity contribution in [3.8, 4) is 5.75 Å². The fourth-order valence-corrected chi connectivity index (χ4v) is 1.51. The molecule has 0 spiro atoms. The number of benzene rings is 1. The molecule has 0 radical (unpaired) electrons. The monoisotopic (exact) mass is 275 g/mol. The highest BCUT2D eigenvalue weighted by atomic mass is 19.4. The summed E-state index contributed by atoms with van der Waals surface area (Å²) in [7, 11) is 0. The van der Waals surface area contributed by atoms with E-state index >= 15 is 0 Å². The molecule has 106 valence electrons. The molecule has 6 heteroatoms. The molecule has 1 rings (SSSR count). The number of alkyl halides is 3. The molecule has 0 saturated heterocycles. The lowest BCUT2D eigenvalue weighted by Crippen LogP contribution is -2.17. The molecule has 0 aliphatic heterocycles. The van der Waals surface area contributed by atoms with Crippen molar-refractivity contribution < 1.29 is 22.7 Å². The molecule has 0 bridgehead atoms. The van der Waals surface area contributed by atoms with E-state index in [9.17, 15) is 18.0 Å². The van der Waals surface area contributed by atoms with Gasteiger partial charge in [-0.3, -0.25) is 4.79 Å². The summed E-state index contributed by atoms with van der Waals surface area (Å²) < 4.78 is 39.6. The molecular formula is C13H16F3NO2. The van der Waals surface area contributed by atoms with Crippen LogP contribution >= 0.6 is 0 Å². The van der Waals surface area contributed by atoms with E-state index in [2.05, 4.69) is 4.74 Å². The Bertz CT molecular complexity index is 413. The summed E-state index contributed by atoms with van der Waals surface area (Å²) in [5.74, 6) is -0.277. The first kappa shape index (κ1) is 15.5. The quantitative estimate of drug-likeness (QED) is 0.868. The predicted octanol–water partition coefficient (Wildman–Crippen LogP) is 2.82. The fourth-order valence-electron chi connectivity index (χ4n) is 1.51. The fraction of sp³-hybridized carbons (Fsp3) is 0.462. The summed E-state index contributed by atoms with van der Waals surface area (Å²) in [6, 6.07) is 5.26. The smallest absolute Gasteiger partial charge is 0.406 e. The third-order valence-corrected chi connectivity index (χ3v) is 2.44. The largest absolute Gasteiger partial charge is 0.573 e. The Morgan fingerprint density at radius 3 is 2.37 bits per heavy atom. The highest BCUT2D eigenvalue weighted by Crippen LogP contribution is 2.22. The predicted molar refractivity (Wildman–Crippen MR) is 64.7 cm³/mol. The zero-order valence-electron chi connectivity index (χ0n) is 10.5. The normalized spacial score (nSPS) is 13.1. The molecule has 0 aliphatic carbocycles. The van der Waals surface area contributed by atoms with Gasteiger partial charge in [0.2, 0.25) is 0 Å². The molecule has 1 aromatic rings. The summed E-state index contributed by atoms with van der Waals surface area (Å²) in [5, 5.41) is 0. The van der Waals surface area contributed by atoms with E-state index in [1.54, 1.807) is 0 Å². The van der Waals surface area contributed by atoms with Crippen LogP contribution in [-0.4, -0.2) is 18.2 Å². The van der Waals surface area contributed by atoms with Crippen molar-refractivity contribution in [2.24, 2.45) is 5.73 Å². The topological polar surface area (TPSA) is 52.3 Å². The maximum absolute atomic E-state index is 11.9. The highest BCUT2D eigenvalue weighted by Gasteiger charge is 2.30. The maximum atomic E-state index is 11.9. The summed E-state index contributed by atoms with van der Waals surface area (Å²) in [6.07, 6.45) is -3.53. The zero-order valence-corrected chi connectivity index (χ0v) is 10.5. The van der Waals surface area contributed by atoms with Crippen LogP contribution in [0.4, 0.5) is 13.2 Å². The van der Waals surface area contributed by atoms with Crippen molar-refractivity contribution in [3.05, 3.63) is 29.8 Å². The summed E-state index contributed by atoms with van der Waals surface area (Å²) in [5.41, 5.74) is 6.19. The van der Waals surface area contributed by atoms with E-state index in [0.717, 1.165) is 0 Å². The van der Waals surface area contributed by atoms with Gasteiger partial charge >= 0.3 is 6.36 Å². The van der Waals surface area contributed by atoms with Gasteiger partial charge in [-0.25, -0.2) is 0 Å². The van der Waals surface area contributed by atoms with Gasteiger partial charge in [0.1, 0.15) is 11.5 Å². The lowest BCUT2D eigenvalue weighted by Gasteiger charge is -2.09. The van der Waals surface area contributed by atoms with Crippen LogP contribution in [0, 0.1) is 0 Å². The zero-order chi connectivity index (χ0) is 14.5. The standard InChI is InChI=1S/C13H16F3NO2/c1-9(17)2-5-11(18)8-10-3-6-12(7-4-10)19-13(14,15)16/h3-4,6-7,9H,2,5,8,17H2,1H3. The molecule has 0 amide bonds. The van der Waals surface area contributed by atoms with Crippen LogP contribution in [-0.2, 0) is 11.2 Å². The summed E-state index contributed by atoms with van der Waals surface area (Å²) >= 11 is 0. The molecule has 0 aromatic heterocycles. The number of carbonyl (C=O) groups excluding carboxylic acids is 1. The average Bonchev–Trinajstić information content (AvgIpc) is 2.27. The molecule has 0 heterocycles. The molecule has 1 atom stereocenters. The number of carbonyl (C=O) groups is 1. The minimum Gasteiger partial charge on any atom is -0.406 e. The van der Waals surface area contributed by atoms with Crippen LogP contribution in [0.25, 0.3) is 0 Å². The van der Waals surface area contributed by atoms with Crippen molar-refractivity contribution in [1.29, 1.82) is 0 Å². The van der Waals surface area contributed by atoms with E-state index in [-0.39, 0.29) is 24.0 Å².